The minimum absolute atomic E-state index is 0.0653. The lowest BCUT2D eigenvalue weighted by atomic mass is 9.85. The van der Waals surface area contributed by atoms with Crippen molar-refractivity contribution in [2.24, 2.45) is 5.92 Å². The molecule has 1 saturated heterocycles. The van der Waals surface area contributed by atoms with E-state index in [4.69, 9.17) is 4.74 Å². The zero-order valence-corrected chi connectivity index (χ0v) is 15.3. The molecule has 1 aliphatic heterocycles. The van der Waals surface area contributed by atoms with Gasteiger partial charge in [-0.3, -0.25) is 4.68 Å². The third kappa shape index (κ3) is 3.39. The van der Waals surface area contributed by atoms with Crippen LogP contribution in [0.15, 0.2) is 30.3 Å². The van der Waals surface area contributed by atoms with Crippen LogP contribution in [-0.4, -0.2) is 41.0 Å². The van der Waals surface area contributed by atoms with Gasteiger partial charge < -0.3 is 15.0 Å². The Labute approximate surface area is 148 Å². The molecule has 2 aromatic rings. The molecule has 1 aromatic carbocycles. The average molecular weight is 342 g/mol. The number of ether oxygens (including phenoxy) is 1. The lowest BCUT2D eigenvalue weighted by Gasteiger charge is -2.46. The number of benzene rings is 1. The van der Waals surface area contributed by atoms with Crippen molar-refractivity contribution < 1.29 is 9.53 Å². The molecule has 1 fully saturated rings. The van der Waals surface area contributed by atoms with Crippen LogP contribution in [-0.2, 0) is 11.3 Å². The van der Waals surface area contributed by atoms with Gasteiger partial charge in [0.15, 0.2) is 0 Å². The second kappa shape index (κ2) is 7.27. The SMILES string of the molecule is COCCn1nc(C)c(NC(=O)N2C[C@@H](C)[C@@H]2c2ccccc2)c1C. The van der Waals surface area contributed by atoms with Crippen molar-refractivity contribution >= 4 is 11.7 Å². The van der Waals surface area contributed by atoms with Crippen LogP contribution < -0.4 is 5.32 Å². The van der Waals surface area contributed by atoms with Crippen LogP contribution in [0.5, 0.6) is 0 Å². The summed E-state index contributed by atoms with van der Waals surface area (Å²) in [7, 11) is 1.67. The van der Waals surface area contributed by atoms with E-state index in [-0.39, 0.29) is 12.1 Å². The van der Waals surface area contributed by atoms with Gasteiger partial charge in [-0.25, -0.2) is 4.79 Å². The molecule has 3 rings (SSSR count). The molecule has 6 nitrogen and oxygen atoms in total. The number of rotatable bonds is 5. The molecule has 0 bridgehead atoms. The van der Waals surface area contributed by atoms with E-state index in [1.807, 2.05) is 41.6 Å². The molecule has 1 N–H and O–H groups in total. The van der Waals surface area contributed by atoms with Crippen LogP contribution in [0.4, 0.5) is 10.5 Å². The van der Waals surface area contributed by atoms with E-state index in [1.54, 1.807) is 7.11 Å². The number of urea groups is 1. The normalized spacial score (nSPS) is 19.6. The number of hydrogen-bond donors (Lipinski definition) is 1. The number of methoxy groups -OCH3 is 1. The fourth-order valence-corrected chi connectivity index (χ4v) is 3.51. The van der Waals surface area contributed by atoms with Gasteiger partial charge in [0.25, 0.3) is 0 Å². The lowest BCUT2D eigenvalue weighted by Crippen LogP contribution is -2.53. The molecule has 1 aromatic heterocycles. The third-order valence-electron chi connectivity index (χ3n) is 4.88. The van der Waals surface area contributed by atoms with E-state index in [0.717, 1.165) is 23.6 Å². The Balaban J connectivity index is 1.73. The zero-order chi connectivity index (χ0) is 18.0. The standard InChI is InChI=1S/C19H26N4O2/c1-13-12-22(18(13)16-8-6-5-7-9-16)19(24)20-17-14(2)21-23(15(17)3)10-11-25-4/h5-9,13,18H,10-12H2,1-4H3,(H,20,24)/t13-,18-/m1/s1. The number of carbonyl (C=O) groups excluding carboxylic acids is 1. The van der Waals surface area contributed by atoms with Gasteiger partial charge in [0.1, 0.15) is 0 Å². The summed E-state index contributed by atoms with van der Waals surface area (Å²) in [6.07, 6.45) is 0. The maximum Gasteiger partial charge on any atom is 0.322 e. The molecule has 2 atom stereocenters. The number of anilines is 1. The van der Waals surface area contributed by atoms with E-state index in [0.29, 0.717) is 19.1 Å². The molecule has 134 valence electrons. The Morgan fingerprint density at radius 1 is 1.32 bits per heavy atom. The first-order valence-corrected chi connectivity index (χ1v) is 8.68. The Morgan fingerprint density at radius 3 is 2.68 bits per heavy atom. The Hall–Kier alpha value is -2.34. The van der Waals surface area contributed by atoms with Gasteiger partial charge in [-0.2, -0.15) is 5.10 Å². The minimum Gasteiger partial charge on any atom is -0.383 e. The van der Waals surface area contributed by atoms with Gasteiger partial charge in [-0.15, -0.1) is 0 Å². The third-order valence-corrected chi connectivity index (χ3v) is 4.88. The lowest BCUT2D eigenvalue weighted by molar-refractivity contribution is 0.0671. The predicted octanol–water partition coefficient (Wildman–Crippen LogP) is 3.37. The van der Waals surface area contributed by atoms with Crippen molar-refractivity contribution in [3.05, 3.63) is 47.3 Å². The quantitative estimate of drug-likeness (QED) is 0.906. The van der Waals surface area contributed by atoms with Crippen LogP contribution in [0.25, 0.3) is 0 Å². The number of likely N-dealkylation sites (tertiary alicyclic amines) is 1. The van der Waals surface area contributed by atoms with Crippen molar-refractivity contribution in [1.29, 1.82) is 0 Å². The molecule has 0 radical (unpaired) electrons. The second-order valence-electron chi connectivity index (χ2n) is 6.68. The Kier molecular flexibility index (Phi) is 5.08. The molecule has 0 aliphatic carbocycles. The first-order chi connectivity index (χ1) is 12.0. The first kappa shape index (κ1) is 17.5. The van der Waals surface area contributed by atoms with Gasteiger partial charge in [0, 0.05) is 13.7 Å². The molecule has 25 heavy (non-hydrogen) atoms. The smallest absolute Gasteiger partial charge is 0.322 e. The van der Waals surface area contributed by atoms with Crippen molar-refractivity contribution in [3.63, 3.8) is 0 Å². The molecule has 0 saturated carbocycles. The zero-order valence-electron chi connectivity index (χ0n) is 15.3. The number of nitrogens with zero attached hydrogens (tertiary/aromatic N) is 3. The fourth-order valence-electron chi connectivity index (χ4n) is 3.51. The van der Waals surface area contributed by atoms with Crippen LogP contribution in [0.2, 0.25) is 0 Å². The van der Waals surface area contributed by atoms with Crippen molar-refractivity contribution in [2.75, 3.05) is 25.6 Å². The number of aromatic nitrogens is 2. The van der Waals surface area contributed by atoms with Crippen molar-refractivity contribution in [1.82, 2.24) is 14.7 Å². The molecule has 1 aliphatic rings. The molecule has 0 unspecified atom stereocenters. The Morgan fingerprint density at radius 2 is 2.04 bits per heavy atom. The number of nitrogens with one attached hydrogen (secondary N) is 1. The van der Waals surface area contributed by atoms with Crippen molar-refractivity contribution in [2.45, 2.75) is 33.4 Å². The van der Waals surface area contributed by atoms with E-state index in [9.17, 15) is 4.79 Å². The van der Waals surface area contributed by atoms with Crippen LogP contribution in [0, 0.1) is 19.8 Å². The van der Waals surface area contributed by atoms with E-state index >= 15 is 0 Å². The summed E-state index contributed by atoms with van der Waals surface area (Å²) in [6.45, 7) is 8.10. The van der Waals surface area contributed by atoms with E-state index in [1.165, 1.54) is 5.56 Å². The summed E-state index contributed by atoms with van der Waals surface area (Å²) in [5.41, 5.74) is 3.76. The summed E-state index contributed by atoms with van der Waals surface area (Å²) in [5, 5.41) is 7.56. The topological polar surface area (TPSA) is 59.4 Å². The molecule has 6 heteroatoms. The highest BCUT2D eigenvalue weighted by Gasteiger charge is 2.40. The summed E-state index contributed by atoms with van der Waals surface area (Å²) in [4.78, 5) is 14.7. The van der Waals surface area contributed by atoms with Gasteiger partial charge in [-0.05, 0) is 25.3 Å². The molecule has 2 amide bonds. The maximum absolute atomic E-state index is 12.8. The van der Waals surface area contributed by atoms with Gasteiger partial charge >= 0.3 is 6.03 Å². The van der Waals surface area contributed by atoms with Gasteiger partial charge in [-0.1, -0.05) is 37.3 Å². The van der Waals surface area contributed by atoms with Gasteiger partial charge in [0.2, 0.25) is 0 Å². The number of hydrogen-bond acceptors (Lipinski definition) is 3. The monoisotopic (exact) mass is 342 g/mol. The first-order valence-electron chi connectivity index (χ1n) is 8.68. The van der Waals surface area contributed by atoms with E-state index < -0.39 is 0 Å². The van der Waals surface area contributed by atoms with Crippen LogP contribution in [0.3, 0.4) is 0 Å². The summed E-state index contributed by atoms with van der Waals surface area (Å²) < 4.78 is 6.99. The molecule has 2 heterocycles. The number of carbonyl (C=O) groups is 1. The highest BCUT2D eigenvalue weighted by atomic mass is 16.5. The maximum atomic E-state index is 12.8. The van der Waals surface area contributed by atoms with Crippen LogP contribution in [0.1, 0.15) is 29.9 Å². The number of amides is 2. The predicted molar refractivity (Wildman–Crippen MR) is 97.6 cm³/mol. The van der Waals surface area contributed by atoms with Crippen LogP contribution >= 0.6 is 0 Å². The fraction of sp³-hybridized carbons (Fsp3) is 0.474. The second-order valence-corrected chi connectivity index (χ2v) is 6.68. The molecule has 0 spiro atoms. The highest BCUT2D eigenvalue weighted by molar-refractivity contribution is 5.91. The summed E-state index contributed by atoms with van der Waals surface area (Å²) in [5.74, 6) is 0.458. The average Bonchev–Trinajstić information content (AvgIpc) is 2.86. The number of aryl methyl sites for hydroxylation is 1. The minimum atomic E-state index is -0.0653. The summed E-state index contributed by atoms with van der Waals surface area (Å²) in [6, 6.07) is 10.3. The summed E-state index contributed by atoms with van der Waals surface area (Å²) >= 11 is 0. The van der Waals surface area contributed by atoms with Gasteiger partial charge in [0.05, 0.1) is 36.3 Å². The van der Waals surface area contributed by atoms with E-state index in [2.05, 4.69) is 29.5 Å². The highest BCUT2D eigenvalue weighted by Crippen LogP contribution is 2.38. The molecular formula is C19H26N4O2. The largest absolute Gasteiger partial charge is 0.383 e. The Bertz CT molecular complexity index is 741. The molecular weight excluding hydrogens is 316 g/mol. The van der Waals surface area contributed by atoms with Crippen molar-refractivity contribution in [3.8, 4) is 0 Å².